The highest BCUT2D eigenvalue weighted by Crippen LogP contribution is 2.34. The third-order valence-corrected chi connectivity index (χ3v) is 4.98. The van der Waals surface area contributed by atoms with Gasteiger partial charge in [0.25, 0.3) is 0 Å². The van der Waals surface area contributed by atoms with E-state index >= 15 is 0 Å². The van der Waals surface area contributed by atoms with Crippen molar-refractivity contribution in [2.75, 3.05) is 6.54 Å². The number of aliphatic carboxylic acids is 1. The van der Waals surface area contributed by atoms with E-state index in [2.05, 4.69) is 18.7 Å². The van der Waals surface area contributed by atoms with E-state index < -0.39 is 5.97 Å². The topological polar surface area (TPSA) is 40.5 Å². The lowest BCUT2D eigenvalue weighted by Crippen LogP contribution is -2.51. The number of piperidine rings is 1. The molecule has 1 heterocycles. The van der Waals surface area contributed by atoms with Gasteiger partial charge in [-0.1, -0.05) is 20.3 Å². The molecule has 0 bridgehead atoms. The molecule has 1 unspecified atom stereocenters. The molecular formula is C15H27NO2. The smallest absolute Gasteiger partial charge is 0.320 e. The molecule has 2 fully saturated rings. The Morgan fingerprint density at radius 3 is 2.33 bits per heavy atom. The van der Waals surface area contributed by atoms with Crippen LogP contribution in [0.1, 0.15) is 58.8 Å². The molecule has 1 aliphatic carbocycles. The molecule has 0 aromatic rings. The van der Waals surface area contributed by atoms with Crippen LogP contribution in [0.3, 0.4) is 0 Å². The minimum Gasteiger partial charge on any atom is -0.480 e. The maximum atomic E-state index is 11.3. The van der Waals surface area contributed by atoms with Crippen LogP contribution in [0.4, 0.5) is 0 Å². The third-order valence-electron chi connectivity index (χ3n) is 4.98. The molecule has 0 spiro atoms. The summed E-state index contributed by atoms with van der Waals surface area (Å²) in [4.78, 5) is 13.6. The molecule has 0 radical (unpaired) electrons. The van der Waals surface area contributed by atoms with Crippen molar-refractivity contribution in [1.29, 1.82) is 0 Å². The highest BCUT2D eigenvalue weighted by molar-refractivity contribution is 5.73. The molecular weight excluding hydrogens is 226 g/mol. The number of hydrogen-bond donors (Lipinski definition) is 1. The summed E-state index contributed by atoms with van der Waals surface area (Å²) in [5.41, 5.74) is 0. The summed E-state index contributed by atoms with van der Waals surface area (Å²) in [7, 11) is 0. The van der Waals surface area contributed by atoms with Gasteiger partial charge in [-0.15, -0.1) is 0 Å². The summed E-state index contributed by atoms with van der Waals surface area (Å²) in [6.45, 7) is 5.62. The van der Waals surface area contributed by atoms with Crippen molar-refractivity contribution in [3.63, 3.8) is 0 Å². The van der Waals surface area contributed by atoms with Crippen LogP contribution < -0.4 is 0 Å². The molecule has 1 atom stereocenters. The Hall–Kier alpha value is -0.570. The van der Waals surface area contributed by atoms with E-state index in [1.807, 2.05) is 0 Å². The molecule has 3 nitrogen and oxygen atoms in total. The minimum atomic E-state index is -0.610. The van der Waals surface area contributed by atoms with Crippen molar-refractivity contribution in [1.82, 2.24) is 4.90 Å². The van der Waals surface area contributed by atoms with Gasteiger partial charge in [0, 0.05) is 6.04 Å². The van der Waals surface area contributed by atoms with E-state index in [-0.39, 0.29) is 6.04 Å². The first-order chi connectivity index (χ1) is 8.59. The lowest BCUT2D eigenvalue weighted by atomic mass is 9.78. The van der Waals surface area contributed by atoms with E-state index in [0.717, 1.165) is 31.2 Å². The normalized spacial score (nSPS) is 34.7. The zero-order valence-electron chi connectivity index (χ0n) is 11.8. The Kier molecular flexibility index (Phi) is 4.66. The lowest BCUT2D eigenvalue weighted by molar-refractivity contribution is -0.146. The molecule has 2 rings (SSSR count). The van der Waals surface area contributed by atoms with Crippen LogP contribution in [-0.2, 0) is 4.79 Å². The van der Waals surface area contributed by atoms with Crippen LogP contribution in [0.5, 0.6) is 0 Å². The predicted molar refractivity (Wildman–Crippen MR) is 72.6 cm³/mol. The van der Waals surface area contributed by atoms with E-state index in [4.69, 9.17) is 0 Å². The Bertz CT molecular complexity index is 282. The average molecular weight is 253 g/mol. The molecule has 1 aliphatic heterocycles. The number of nitrogens with zero attached hydrogens (tertiary/aromatic N) is 1. The van der Waals surface area contributed by atoms with Crippen LogP contribution in [0.2, 0.25) is 0 Å². The summed E-state index contributed by atoms with van der Waals surface area (Å²) in [5.74, 6) is 1.03. The fraction of sp³-hybridized carbons (Fsp3) is 0.933. The predicted octanol–water partition coefficient (Wildman–Crippen LogP) is 3.14. The first-order valence-electron chi connectivity index (χ1n) is 7.58. The summed E-state index contributed by atoms with van der Waals surface area (Å²) < 4.78 is 0. The van der Waals surface area contributed by atoms with Gasteiger partial charge in [0.05, 0.1) is 0 Å². The number of carboxylic acid groups (broad SMARTS) is 1. The van der Waals surface area contributed by atoms with Crippen LogP contribution in [0, 0.1) is 11.8 Å². The van der Waals surface area contributed by atoms with E-state index in [1.54, 1.807) is 0 Å². The van der Waals surface area contributed by atoms with Crippen LogP contribution >= 0.6 is 0 Å². The first-order valence-corrected chi connectivity index (χ1v) is 7.58. The zero-order valence-corrected chi connectivity index (χ0v) is 11.8. The van der Waals surface area contributed by atoms with Crippen molar-refractivity contribution in [3.8, 4) is 0 Å². The number of hydrogen-bond acceptors (Lipinski definition) is 2. The Balaban J connectivity index is 1.93. The van der Waals surface area contributed by atoms with Crippen molar-refractivity contribution >= 4 is 5.97 Å². The molecule has 0 aromatic carbocycles. The van der Waals surface area contributed by atoms with Gasteiger partial charge in [-0.05, 0) is 56.9 Å². The minimum absolute atomic E-state index is 0.209. The standard InChI is InChI=1S/C15H27NO2/c1-11(2)12-6-8-13(9-7-12)16-10-4-3-5-14(16)15(17)18/h11-14H,3-10H2,1-2H3,(H,17,18). The van der Waals surface area contributed by atoms with Crippen molar-refractivity contribution in [2.24, 2.45) is 11.8 Å². The molecule has 2 aliphatic rings. The second-order valence-corrected chi connectivity index (χ2v) is 6.40. The number of carboxylic acids is 1. The maximum absolute atomic E-state index is 11.3. The second-order valence-electron chi connectivity index (χ2n) is 6.40. The Labute approximate surface area is 111 Å². The third kappa shape index (κ3) is 3.05. The fourth-order valence-electron chi connectivity index (χ4n) is 3.76. The highest BCUT2D eigenvalue weighted by Gasteiger charge is 2.35. The van der Waals surface area contributed by atoms with E-state index in [0.29, 0.717) is 6.04 Å². The summed E-state index contributed by atoms with van der Waals surface area (Å²) >= 11 is 0. The van der Waals surface area contributed by atoms with E-state index in [9.17, 15) is 9.90 Å². The van der Waals surface area contributed by atoms with Crippen LogP contribution in [0.15, 0.2) is 0 Å². The zero-order chi connectivity index (χ0) is 13.1. The van der Waals surface area contributed by atoms with Gasteiger partial charge in [-0.25, -0.2) is 0 Å². The van der Waals surface area contributed by atoms with Gasteiger partial charge in [-0.2, -0.15) is 0 Å². The summed E-state index contributed by atoms with van der Waals surface area (Å²) in [5, 5.41) is 9.34. The molecule has 3 heteroatoms. The molecule has 18 heavy (non-hydrogen) atoms. The fourth-order valence-corrected chi connectivity index (χ4v) is 3.76. The molecule has 0 amide bonds. The average Bonchev–Trinajstić information content (AvgIpc) is 2.39. The monoisotopic (exact) mass is 253 g/mol. The summed E-state index contributed by atoms with van der Waals surface area (Å²) in [6.07, 6.45) is 8.07. The van der Waals surface area contributed by atoms with Gasteiger partial charge in [0.15, 0.2) is 0 Å². The second kappa shape index (κ2) is 6.05. The van der Waals surface area contributed by atoms with Gasteiger partial charge in [-0.3, -0.25) is 9.69 Å². The van der Waals surface area contributed by atoms with Gasteiger partial charge >= 0.3 is 5.97 Å². The van der Waals surface area contributed by atoms with Crippen molar-refractivity contribution < 1.29 is 9.90 Å². The molecule has 1 N–H and O–H groups in total. The van der Waals surface area contributed by atoms with Gasteiger partial charge in [0.1, 0.15) is 6.04 Å². The van der Waals surface area contributed by atoms with Gasteiger partial charge in [0.2, 0.25) is 0 Å². The molecule has 1 saturated heterocycles. The maximum Gasteiger partial charge on any atom is 0.320 e. The molecule has 104 valence electrons. The van der Waals surface area contributed by atoms with Crippen LogP contribution in [-0.4, -0.2) is 34.6 Å². The number of likely N-dealkylation sites (tertiary alicyclic amines) is 1. The van der Waals surface area contributed by atoms with E-state index in [1.165, 1.54) is 32.1 Å². The SMILES string of the molecule is CC(C)C1CCC(N2CCCCC2C(=O)O)CC1. The molecule has 1 saturated carbocycles. The quantitative estimate of drug-likeness (QED) is 0.840. The first kappa shape index (κ1) is 13.9. The Morgan fingerprint density at radius 1 is 1.11 bits per heavy atom. The number of rotatable bonds is 3. The molecule has 0 aromatic heterocycles. The number of carbonyl (C=O) groups is 1. The van der Waals surface area contributed by atoms with Crippen molar-refractivity contribution in [3.05, 3.63) is 0 Å². The van der Waals surface area contributed by atoms with Gasteiger partial charge < -0.3 is 5.11 Å². The van der Waals surface area contributed by atoms with Crippen LogP contribution in [0.25, 0.3) is 0 Å². The van der Waals surface area contributed by atoms with Crippen molar-refractivity contribution in [2.45, 2.75) is 70.9 Å². The lowest BCUT2D eigenvalue weighted by Gasteiger charge is -2.42. The largest absolute Gasteiger partial charge is 0.480 e. The highest BCUT2D eigenvalue weighted by atomic mass is 16.4. The summed E-state index contributed by atoms with van der Waals surface area (Å²) in [6, 6.07) is 0.320. The Morgan fingerprint density at radius 2 is 1.78 bits per heavy atom.